The number of carbonyl (C=O) groups excluding carboxylic acids is 3. The van der Waals surface area contributed by atoms with Crippen LogP contribution in [-0.2, 0) is 19.1 Å². The number of nitrogens with zero attached hydrogens (tertiary/aromatic N) is 2. The Morgan fingerprint density at radius 3 is 2.59 bits per heavy atom. The van der Waals surface area contributed by atoms with Gasteiger partial charge in [0.15, 0.2) is 0 Å². The van der Waals surface area contributed by atoms with Crippen LogP contribution in [0.3, 0.4) is 0 Å². The van der Waals surface area contributed by atoms with E-state index in [2.05, 4.69) is 22.5 Å². The molecule has 3 unspecified atom stereocenters. The molecule has 180 valence electrons. The first-order chi connectivity index (χ1) is 15.5. The highest BCUT2D eigenvalue weighted by Gasteiger charge is 2.75. The van der Waals surface area contributed by atoms with Gasteiger partial charge in [0.2, 0.25) is 17.7 Å². The van der Waals surface area contributed by atoms with Crippen molar-refractivity contribution in [3.05, 3.63) is 0 Å². The molecular formula is C22H36N4O5S. The Hall–Kier alpha value is -1.36. The molecule has 6 atom stereocenters. The predicted octanol–water partition coefficient (Wildman–Crippen LogP) is -0.709. The molecule has 3 N–H and O–H groups in total. The zero-order valence-electron chi connectivity index (χ0n) is 19.0. The molecule has 0 saturated carbocycles. The van der Waals surface area contributed by atoms with Gasteiger partial charge < -0.3 is 25.4 Å². The van der Waals surface area contributed by atoms with E-state index >= 15 is 0 Å². The molecule has 4 heterocycles. The molecule has 0 radical (unpaired) electrons. The van der Waals surface area contributed by atoms with Crippen molar-refractivity contribution >= 4 is 29.5 Å². The fraction of sp³-hybridized carbons (Fsp3) is 0.864. The van der Waals surface area contributed by atoms with Crippen molar-refractivity contribution in [2.75, 3.05) is 59.1 Å². The van der Waals surface area contributed by atoms with E-state index in [9.17, 15) is 19.5 Å². The van der Waals surface area contributed by atoms with E-state index < -0.39 is 22.6 Å². The van der Waals surface area contributed by atoms with Crippen LogP contribution in [0, 0.1) is 17.8 Å². The van der Waals surface area contributed by atoms with E-state index in [1.54, 1.807) is 16.7 Å². The van der Waals surface area contributed by atoms with Crippen LogP contribution < -0.4 is 10.6 Å². The molecule has 1 spiro atoms. The standard InChI is InChI=1S/C22H36N4O5S/c1-3-4-23-19(28)16-15-13-14(2)22(32-15)17(16)21(30)26(7-10-27)18(22)20(29)24-5-6-25-8-11-31-12-9-25/h14-18,27H,3-13H2,1-2H3,(H,23,28)(H,24,29)/t14?,15-,16+,17-,18?,22?/m0/s1. The van der Waals surface area contributed by atoms with E-state index in [-0.39, 0.29) is 42.0 Å². The third-order valence-electron chi connectivity index (χ3n) is 7.52. The minimum Gasteiger partial charge on any atom is -0.395 e. The smallest absolute Gasteiger partial charge is 0.244 e. The number of hydrogen-bond donors (Lipinski definition) is 3. The summed E-state index contributed by atoms with van der Waals surface area (Å²) in [6.07, 6.45) is 1.66. The van der Waals surface area contributed by atoms with Gasteiger partial charge in [-0.2, -0.15) is 0 Å². The second-order valence-electron chi connectivity index (χ2n) is 9.34. The molecule has 4 aliphatic heterocycles. The van der Waals surface area contributed by atoms with E-state index in [0.717, 1.165) is 32.5 Å². The number of thioether (sulfide) groups is 1. The molecular weight excluding hydrogens is 432 g/mol. The highest BCUT2D eigenvalue weighted by atomic mass is 32.2. The van der Waals surface area contributed by atoms with Gasteiger partial charge in [-0.05, 0) is 18.8 Å². The Labute approximate surface area is 194 Å². The summed E-state index contributed by atoms with van der Waals surface area (Å²) in [6.45, 7) is 8.94. The largest absolute Gasteiger partial charge is 0.395 e. The lowest BCUT2D eigenvalue weighted by atomic mass is 9.66. The van der Waals surface area contributed by atoms with E-state index in [1.807, 2.05) is 6.92 Å². The van der Waals surface area contributed by atoms with E-state index in [4.69, 9.17) is 4.74 Å². The van der Waals surface area contributed by atoms with Gasteiger partial charge in [0, 0.05) is 44.5 Å². The summed E-state index contributed by atoms with van der Waals surface area (Å²) >= 11 is 1.67. The number of morpholine rings is 1. The van der Waals surface area contributed by atoms with Crippen LogP contribution in [0.1, 0.15) is 26.7 Å². The Balaban J connectivity index is 1.53. The summed E-state index contributed by atoms with van der Waals surface area (Å²) in [5, 5.41) is 15.7. The minimum atomic E-state index is -0.661. The average molecular weight is 469 g/mol. The molecule has 4 rings (SSSR count). The minimum absolute atomic E-state index is 0.0516. The molecule has 9 nitrogen and oxygen atoms in total. The predicted molar refractivity (Wildman–Crippen MR) is 121 cm³/mol. The summed E-state index contributed by atoms with van der Waals surface area (Å²) in [7, 11) is 0. The molecule has 0 aromatic heterocycles. The van der Waals surface area contributed by atoms with E-state index in [0.29, 0.717) is 26.3 Å². The van der Waals surface area contributed by atoms with Crippen molar-refractivity contribution in [1.29, 1.82) is 0 Å². The molecule has 3 amide bonds. The van der Waals surface area contributed by atoms with Crippen LogP contribution in [0.15, 0.2) is 0 Å². The van der Waals surface area contributed by atoms with Crippen molar-refractivity contribution in [3.63, 3.8) is 0 Å². The number of aliphatic hydroxyl groups excluding tert-OH is 1. The summed E-state index contributed by atoms with van der Waals surface area (Å²) < 4.78 is 4.76. The lowest BCUT2D eigenvalue weighted by Crippen LogP contribution is -2.57. The Morgan fingerprint density at radius 1 is 1.19 bits per heavy atom. The molecule has 10 heteroatoms. The fourth-order valence-corrected chi connectivity index (χ4v) is 8.51. The third kappa shape index (κ3) is 3.93. The van der Waals surface area contributed by atoms with Crippen LogP contribution in [0.2, 0.25) is 0 Å². The normalized spacial score (nSPS) is 36.4. The number of rotatable bonds is 9. The maximum absolute atomic E-state index is 13.6. The number of β-amino-alcohol motifs (C(OH)–C–C–N with tert-alkyl or cyclic N) is 1. The average Bonchev–Trinajstić information content (AvgIpc) is 3.37. The molecule has 0 aromatic rings. The van der Waals surface area contributed by atoms with Crippen LogP contribution >= 0.6 is 11.8 Å². The molecule has 0 aliphatic carbocycles. The van der Waals surface area contributed by atoms with Gasteiger partial charge in [0.05, 0.1) is 36.4 Å². The maximum Gasteiger partial charge on any atom is 0.244 e. The van der Waals surface area contributed by atoms with Gasteiger partial charge in [-0.1, -0.05) is 13.8 Å². The first-order valence-electron chi connectivity index (χ1n) is 11.9. The van der Waals surface area contributed by atoms with Gasteiger partial charge in [0.1, 0.15) is 6.04 Å². The number of fused-ring (bicyclic) bond motifs is 1. The molecule has 0 aromatic carbocycles. The fourth-order valence-electron chi connectivity index (χ4n) is 6.09. The summed E-state index contributed by atoms with van der Waals surface area (Å²) in [5.74, 6) is -1.20. The van der Waals surface area contributed by atoms with Crippen molar-refractivity contribution in [2.45, 2.75) is 42.7 Å². The first kappa shape index (κ1) is 23.8. The van der Waals surface area contributed by atoms with Crippen LogP contribution in [0.4, 0.5) is 0 Å². The topological polar surface area (TPSA) is 111 Å². The lowest BCUT2D eigenvalue weighted by molar-refractivity contribution is -0.140. The number of amides is 3. The number of nitrogens with one attached hydrogen (secondary N) is 2. The van der Waals surface area contributed by atoms with Crippen molar-refractivity contribution in [1.82, 2.24) is 20.4 Å². The molecule has 2 bridgehead atoms. The highest BCUT2D eigenvalue weighted by Crippen LogP contribution is 2.68. The second kappa shape index (κ2) is 9.87. The SMILES string of the molecule is CCCNC(=O)[C@@H]1[C@@H]2CC(C)C3(S2)C(C(=O)NCCN2CCOCC2)N(CCO)C(=O)[C@H]13. The summed E-state index contributed by atoms with van der Waals surface area (Å²) in [4.78, 5) is 43.9. The Morgan fingerprint density at radius 2 is 1.91 bits per heavy atom. The zero-order valence-corrected chi connectivity index (χ0v) is 19.9. The molecule has 4 fully saturated rings. The first-order valence-corrected chi connectivity index (χ1v) is 12.8. The molecule has 4 aliphatic rings. The Bertz CT molecular complexity index is 733. The number of carbonyl (C=O) groups is 3. The lowest BCUT2D eigenvalue weighted by Gasteiger charge is -2.38. The zero-order chi connectivity index (χ0) is 22.9. The third-order valence-corrected chi connectivity index (χ3v) is 9.59. The van der Waals surface area contributed by atoms with Crippen molar-refractivity contribution < 1.29 is 24.2 Å². The van der Waals surface area contributed by atoms with E-state index in [1.165, 1.54) is 0 Å². The van der Waals surface area contributed by atoms with Gasteiger partial charge in [-0.25, -0.2) is 0 Å². The van der Waals surface area contributed by atoms with Crippen molar-refractivity contribution in [3.8, 4) is 0 Å². The number of aliphatic hydroxyl groups is 1. The maximum atomic E-state index is 13.6. The monoisotopic (exact) mass is 468 g/mol. The van der Waals surface area contributed by atoms with Gasteiger partial charge >= 0.3 is 0 Å². The van der Waals surface area contributed by atoms with Crippen LogP contribution in [-0.4, -0.2) is 108 Å². The van der Waals surface area contributed by atoms with Gasteiger partial charge in [-0.15, -0.1) is 11.8 Å². The number of likely N-dealkylation sites (tertiary alicyclic amines) is 1. The van der Waals surface area contributed by atoms with Crippen LogP contribution in [0.25, 0.3) is 0 Å². The second-order valence-corrected chi connectivity index (χ2v) is 10.9. The summed E-state index contributed by atoms with van der Waals surface area (Å²) in [5.41, 5.74) is 0. The Kier molecular flexibility index (Phi) is 7.33. The van der Waals surface area contributed by atoms with Gasteiger partial charge in [-0.3, -0.25) is 19.3 Å². The molecule has 32 heavy (non-hydrogen) atoms. The molecule has 4 saturated heterocycles. The van der Waals surface area contributed by atoms with Gasteiger partial charge in [0.25, 0.3) is 0 Å². The summed E-state index contributed by atoms with van der Waals surface area (Å²) in [6, 6.07) is -0.661. The quantitative estimate of drug-likeness (QED) is 0.410. The number of ether oxygens (including phenoxy) is 1. The number of hydrogen-bond acceptors (Lipinski definition) is 7. The van der Waals surface area contributed by atoms with Crippen LogP contribution in [0.5, 0.6) is 0 Å². The highest BCUT2D eigenvalue weighted by molar-refractivity contribution is 8.02. The van der Waals surface area contributed by atoms with Crippen molar-refractivity contribution in [2.24, 2.45) is 17.8 Å².